The number of β-amino-alcohol motifs (C(OH)–C–C–N with tert-alkyl or cyclic N) is 1. The molecule has 1 aromatic heterocycles. The van der Waals surface area contributed by atoms with Crippen LogP contribution in [-0.4, -0.2) is 68.4 Å². The van der Waals surface area contributed by atoms with E-state index in [0.29, 0.717) is 0 Å². The fourth-order valence-corrected chi connectivity index (χ4v) is 5.52. The van der Waals surface area contributed by atoms with Crippen molar-refractivity contribution in [3.63, 3.8) is 0 Å². The van der Waals surface area contributed by atoms with Gasteiger partial charge in [0.25, 0.3) is 20.1 Å². The van der Waals surface area contributed by atoms with Gasteiger partial charge in [-0.05, 0) is 31.2 Å². The number of aliphatic hydroxyl groups is 1. The fourth-order valence-electron chi connectivity index (χ4n) is 3.32. The number of hydrogen-bond donors (Lipinski definition) is 1. The van der Waals surface area contributed by atoms with Crippen molar-refractivity contribution in [2.24, 2.45) is 0 Å². The van der Waals surface area contributed by atoms with Gasteiger partial charge in [-0.1, -0.05) is 11.6 Å². The maximum Gasteiger partial charge on any atom is 0.264 e. The molecule has 10 nitrogen and oxygen atoms in total. The maximum absolute atomic E-state index is 14.0. The van der Waals surface area contributed by atoms with E-state index < -0.39 is 56.9 Å². The number of nitriles is 1. The van der Waals surface area contributed by atoms with E-state index in [9.17, 15) is 26.3 Å². The molecule has 2 heterocycles. The Kier molecular flexibility index (Phi) is 6.99. The molecule has 1 saturated heterocycles. The summed E-state index contributed by atoms with van der Waals surface area (Å²) in [6, 6.07) is 7.48. The van der Waals surface area contributed by atoms with Crippen LogP contribution in [0.1, 0.15) is 12.5 Å². The number of halogens is 2. The smallest absolute Gasteiger partial charge is 0.264 e. The molecule has 1 aliphatic heterocycles. The van der Waals surface area contributed by atoms with Crippen LogP contribution in [0.2, 0.25) is 5.02 Å². The summed E-state index contributed by atoms with van der Waals surface area (Å²) >= 11 is 5.76. The van der Waals surface area contributed by atoms with E-state index in [1.165, 1.54) is 25.1 Å². The highest BCUT2D eigenvalue weighted by Crippen LogP contribution is 2.34. The lowest BCUT2D eigenvalue weighted by atomic mass is 9.94. The first-order valence-electron chi connectivity index (χ1n) is 9.35. The molecule has 2 aromatic rings. The lowest BCUT2D eigenvalue weighted by molar-refractivity contribution is -0.0930. The predicted molar refractivity (Wildman–Crippen MR) is 114 cm³/mol. The summed E-state index contributed by atoms with van der Waals surface area (Å²) in [5.74, 6) is -0.989. The molecule has 0 saturated carbocycles. The third kappa shape index (κ3) is 5.43. The quantitative estimate of drug-likeness (QED) is 0.534. The molecule has 3 rings (SSSR count). The maximum atomic E-state index is 14.0. The Bertz CT molecular complexity index is 1300. The number of pyridine rings is 1. The summed E-state index contributed by atoms with van der Waals surface area (Å²) in [5.41, 5.74) is -2.39. The largest absolute Gasteiger partial charge is 0.486 e. The van der Waals surface area contributed by atoms with E-state index in [1.807, 2.05) is 0 Å². The van der Waals surface area contributed by atoms with Crippen LogP contribution in [0.3, 0.4) is 0 Å². The summed E-state index contributed by atoms with van der Waals surface area (Å²) in [4.78, 5) is 3.79. The first-order valence-corrected chi connectivity index (χ1v) is 13.0. The Morgan fingerprint density at radius 1 is 1.33 bits per heavy atom. The van der Waals surface area contributed by atoms with Gasteiger partial charge in [0.15, 0.2) is 5.03 Å². The highest BCUT2D eigenvalue weighted by molar-refractivity contribution is 7.89. The minimum atomic E-state index is -4.25. The zero-order chi connectivity index (χ0) is 24.6. The van der Waals surface area contributed by atoms with Crippen molar-refractivity contribution in [3.8, 4) is 11.8 Å². The van der Waals surface area contributed by atoms with E-state index in [1.54, 1.807) is 6.07 Å². The molecule has 3 atom stereocenters. The van der Waals surface area contributed by atoms with Gasteiger partial charge < -0.3 is 9.84 Å². The van der Waals surface area contributed by atoms with Crippen LogP contribution in [0.5, 0.6) is 5.75 Å². The summed E-state index contributed by atoms with van der Waals surface area (Å²) in [6.07, 6.45) is -0.873. The van der Waals surface area contributed by atoms with Crippen molar-refractivity contribution in [1.82, 2.24) is 9.29 Å². The Labute approximate surface area is 195 Å². The van der Waals surface area contributed by atoms with Crippen LogP contribution >= 0.6 is 11.6 Å². The van der Waals surface area contributed by atoms with Crippen molar-refractivity contribution in [1.29, 1.82) is 5.26 Å². The van der Waals surface area contributed by atoms with Gasteiger partial charge in [0.1, 0.15) is 35.4 Å². The van der Waals surface area contributed by atoms with Crippen molar-refractivity contribution in [3.05, 3.63) is 52.9 Å². The Balaban J connectivity index is 1.98. The van der Waals surface area contributed by atoms with E-state index >= 15 is 0 Å². The molecule has 0 bridgehead atoms. The Morgan fingerprint density at radius 2 is 2.03 bits per heavy atom. The number of nitrogens with zero attached hydrogens (tertiary/aromatic N) is 3. The van der Waals surface area contributed by atoms with Crippen molar-refractivity contribution in [2.75, 3.05) is 19.3 Å². The first-order chi connectivity index (χ1) is 15.3. The number of benzene rings is 1. The van der Waals surface area contributed by atoms with Gasteiger partial charge in [-0.15, -0.1) is 0 Å². The van der Waals surface area contributed by atoms with Crippen LogP contribution in [0, 0.1) is 17.1 Å². The molecule has 1 aromatic carbocycles. The number of rotatable bonds is 7. The van der Waals surface area contributed by atoms with E-state index in [0.717, 1.165) is 28.9 Å². The van der Waals surface area contributed by atoms with Crippen LogP contribution in [0.4, 0.5) is 4.39 Å². The van der Waals surface area contributed by atoms with Crippen LogP contribution in [0.15, 0.2) is 41.6 Å². The molecule has 33 heavy (non-hydrogen) atoms. The normalized spacial score (nSPS) is 22.6. The van der Waals surface area contributed by atoms with E-state index in [4.69, 9.17) is 25.8 Å². The second-order valence-electron chi connectivity index (χ2n) is 7.41. The summed E-state index contributed by atoms with van der Waals surface area (Å²) < 4.78 is 74.9. The molecular weight excluding hydrogens is 501 g/mol. The lowest BCUT2D eigenvalue weighted by Gasteiger charge is -2.33. The fraction of sp³-hybridized carbons (Fsp3) is 0.368. The zero-order valence-electron chi connectivity index (χ0n) is 17.3. The predicted octanol–water partition coefficient (Wildman–Crippen LogP) is 1.29. The van der Waals surface area contributed by atoms with Gasteiger partial charge in [0.05, 0.1) is 23.4 Å². The summed E-state index contributed by atoms with van der Waals surface area (Å²) in [5, 5.41) is 20.1. The van der Waals surface area contributed by atoms with Crippen LogP contribution in [0.25, 0.3) is 0 Å². The zero-order valence-corrected chi connectivity index (χ0v) is 19.7. The van der Waals surface area contributed by atoms with E-state index in [-0.39, 0.29) is 21.4 Å². The lowest BCUT2D eigenvalue weighted by Crippen LogP contribution is -2.54. The number of ether oxygens (including phenoxy) is 1. The average Bonchev–Trinajstić information content (AvgIpc) is 3.06. The second kappa shape index (κ2) is 9.13. The third-order valence-corrected chi connectivity index (χ3v) is 7.61. The SMILES string of the molecule is CC(OS(C)(=O)=O)[C@]1(O)CN(S(=O)(=O)c2ccc(Cl)cn2)C[C@@H]1Oc1ccc(C#N)c(F)c1. The van der Waals surface area contributed by atoms with Gasteiger partial charge in [0.2, 0.25) is 0 Å². The minimum Gasteiger partial charge on any atom is -0.486 e. The molecule has 0 aliphatic carbocycles. The minimum absolute atomic E-state index is 0.106. The molecule has 1 fully saturated rings. The standard InChI is InChI=1S/C19H19ClFN3O7S2/c1-12(31-32(2,26)27)19(25)11-24(33(28,29)18-6-4-14(20)9-23-18)10-17(19)30-15-5-3-13(8-22)16(21)7-15/h3-7,9,12,17,25H,10-11H2,1-2H3/t12?,17-,19+/m0/s1. The first kappa shape index (κ1) is 25.3. The van der Waals surface area contributed by atoms with Gasteiger partial charge >= 0.3 is 0 Å². The van der Waals surface area contributed by atoms with Gasteiger partial charge in [-0.25, -0.2) is 17.8 Å². The molecule has 1 N–H and O–H groups in total. The molecule has 0 spiro atoms. The van der Waals surface area contributed by atoms with Crippen molar-refractivity contribution in [2.45, 2.75) is 29.8 Å². The second-order valence-corrected chi connectivity index (χ2v) is 11.3. The van der Waals surface area contributed by atoms with Crippen LogP contribution < -0.4 is 4.74 Å². The molecule has 14 heteroatoms. The average molecular weight is 520 g/mol. The van der Waals surface area contributed by atoms with Crippen LogP contribution in [-0.2, 0) is 24.3 Å². The third-order valence-electron chi connectivity index (χ3n) is 5.02. The molecule has 1 aliphatic rings. The molecule has 1 unspecified atom stereocenters. The molecular formula is C19H19ClFN3O7S2. The topological polar surface area (TPSA) is 147 Å². The van der Waals surface area contributed by atoms with E-state index in [2.05, 4.69) is 4.98 Å². The number of hydrogen-bond acceptors (Lipinski definition) is 9. The summed E-state index contributed by atoms with van der Waals surface area (Å²) in [6.45, 7) is 0.218. The highest BCUT2D eigenvalue weighted by Gasteiger charge is 2.55. The van der Waals surface area contributed by atoms with Crippen molar-refractivity contribution >= 4 is 31.7 Å². The Hall–Kier alpha value is -2.34. The molecule has 0 radical (unpaired) electrons. The Morgan fingerprint density at radius 3 is 2.58 bits per heavy atom. The summed E-state index contributed by atoms with van der Waals surface area (Å²) in [7, 11) is -8.27. The van der Waals surface area contributed by atoms with Gasteiger partial charge in [-0.3, -0.25) is 4.18 Å². The molecule has 178 valence electrons. The highest BCUT2D eigenvalue weighted by atomic mass is 35.5. The molecule has 0 amide bonds. The number of aromatic nitrogens is 1. The number of sulfonamides is 1. The monoisotopic (exact) mass is 519 g/mol. The van der Waals surface area contributed by atoms with Gasteiger partial charge in [0, 0.05) is 18.8 Å². The van der Waals surface area contributed by atoms with Crippen molar-refractivity contribution < 1.29 is 35.3 Å². The van der Waals surface area contributed by atoms with Gasteiger partial charge in [-0.2, -0.15) is 18.0 Å².